The molecule has 21 heavy (non-hydrogen) atoms. The number of rotatable bonds is 7. The number of benzene rings is 1. The second-order valence-corrected chi connectivity index (χ2v) is 5.62. The highest BCUT2D eigenvalue weighted by molar-refractivity contribution is 5.25. The van der Waals surface area contributed by atoms with Crippen molar-refractivity contribution in [3.63, 3.8) is 0 Å². The molecule has 0 amide bonds. The van der Waals surface area contributed by atoms with E-state index in [1.54, 1.807) is 6.33 Å². The minimum atomic E-state index is 0.280. The molecule has 0 fully saturated rings. The molecule has 0 aliphatic carbocycles. The number of hydrogen-bond acceptors (Lipinski definition) is 3. The molecule has 0 aliphatic heterocycles. The van der Waals surface area contributed by atoms with Gasteiger partial charge < -0.3 is 5.32 Å². The van der Waals surface area contributed by atoms with E-state index in [-0.39, 0.29) is 6.04 Å². The highest BCUT2D eigenvalue weighted by atomic mass is 15.3. The molecule has 1 N–H and O–H groups in total. The summed E-state index contributed by atoms with van der Waals surface area (Å²) in [6, 6.07) is 9.50. The average Bonchev–Trinajstić information content (AvgIpc) is 2.95. The van der Waals surface area contributed by atoms with Crippen LogP contribution in [0, 0.1) is 0 Å². The summed E-state index contributed by atoms with van der Waals surface area (Å²) in [5.41, 5.74) is 2.69. The van der Waals surface area contributed by atoms with Crippen molar-refractivity contribution in [3.8, 4) is 0 Å². The van der Waals surface area contributed by atoms with Gasteiger partial charge in [-0.25, -0.2) is 9.67 Å². The molecule has 0 saturated heterocycles. The van der Waals surface area contributed by atoms with Crippen LogP contribution in [0.15, 0.2) is 30.6 Å². The highest BCUT2D eigenvalue weighted by Crippen LogP contribution is 2.19. The molecule has 2 rings (SSSR count). The summed E-state index contributed by atoms with van der Waals surface area (Å²) >= 11 is 0. The van der Waals surface area contributed by atoms with Crippen molar-refractivity contribution in [1.82, 2.24) is 20.1 Å². The van der Waals surface area contributed by atoms with Gasteiger partial charge in [0.15, 0.2) is 0 Å². The van der Waals surface area contributed by atoms with E-state index in [1.165, 1.54) is 11.1 Å². The maximum Gasteiger partial charge on any atom is 0.138 e. The lowest BCUT2D eigenvalue weighted by Gasteiger charge is -2.19. The van der Waals surface area contributed by atoms with Crippen LogP contribution in [-0.4, -0.2) is 21.3 Å². The van der Waals surface area contributed by atoms with Gasteiger partial charge in [0.25, 0.3) is 0 Å². The van der Waals surface area contributed by atoms with Gasteiger partial charge in [-0.15, -0.1) is 0 Å². The topological polar surface area (TPSA) is 42.7 Å². The minimum Gasteiger partial charge on any atom is -0.310 e. The molecule has 0 spiro atoms. The number of nitrogens with zero attached hydrogens (tertiary/aromatic N) is 3. The zero-order valence-electron chi connectivity index (χ0n) is 13.5. The van der Waals surface area contributed by atoms with Crippen LogP contribution in [0.4, 0.5) is 0 Å². The van der Waals surface area contributed by atoms with Gasteiger partial charge in [0.05, 0.1) is 0 Å². The summed E-state index contributed by atoms with van der Waals surface area (Å²) in [6.07, 6.45) is 3.59. The lowest BCUT2D eigenvalue weighted by Crippen LogP contribution is -2.25. The molecule has 4 heteroatoms. The molecule has 0 aliphatic rings. The maximum absolute atomic E-state index is 4.43. The lowest BCUT2D eigenvalue weighted by atomic mass is 10.0. The SMILES string of the molecule is CCNC(Cc1ncnn1C(C)C)c1ccc(CC)cc1. The van der Waals surface area contributed by atoms with Crippen LogP contribution >= 0.6 is 0 Å². The van der Waals surface area contributed by atoms with Crippen LogP contribution in [0.25, 0.3) is 0 Å². The molecule has 0 bridgehead atoms. The largest absolute Gasteiger partial charge is 0.310 e. The van der Waals surface area contributed by atoms with Crippen LogP contribution < -0.4 is 5.32 Å². The molecule has 1 atom stereocenters. The van der Waals surface area contributed by atoms with Crippen molar-refractivity contribution < 1.29 is 0 Å². The summed E-state index contributed by atoms with van der Waals surface area (Å²) in [5, 5.41) is 7.89. The third kappa shape index (κ3) is 3.91. The quantitative estimate of drug-likeness (QED) is 0.849. The molecule has 114 valence electrons. The lowest BCUT2D eigenvalue weighted by molar-refractivity contribution is 0.468. The fourth-order valence-corrected chi connectivity index (χ4v) is 2.57. The zero-order chi connectivity index (χ0) is 15.2. The van der Waals surface area contributed by atoms with Crippen molar-refractivity contribution in [3.05, 3.63) is 47.5 Å². The molecule has 2 aromatic rings. The Labute approximate surface area is 127 Å². The molecule has 0 saturated carbocycles. The highest BCUT2D eigenvalue weighted by Gasteiger charge is 2.16. The van der Waals surface area contributed by atoms with Gasteiger partial charge in [-0.1, -0.05) is 38.1 Å². The van der Waals surface area contributed by atoms with Gasteiger partial charge in [0.2, 0.25) is 0 Å². The normalized spacial score (nSPS) is 12.8. The Morgan fingerprint density at radius 3 is 2.43 bits per heavy atom. The van der Waals surface area contributed by atoms with Crippen molar-refractivity contribution >= 4 is 0 Å². The molecule has 1 aromatic carbocycles. The predicted octanol–water partition coefficient (Wildman–Crippen LogP) is 3.31. The molecule has 0 radical (unpaired) electrons. The van der Waals surface area contributed by atoms with Gasteiger partial charge in [-0.3, -0.25) is 0 Å². The van der Waals surface area contributed by atoms with Crippen molar-refractivity contribution in [2.75, 3.05) is 6.54 Å². The summed E-state index contributed by atoms with van der Waals surface area (Å²) in [6.45, 7) is 9.53. The number of aromatic nitrogens is 3. The Kier molecular flexibility index (Phi) is 5.51. The van der Waals surface area contributed by atoms with Crippen molar-refractivity contribution in [2.24, 2.45) is 0 Å². The van der Waals surface area contributed by atoms with E-state index in [0.717, 1.165) is 25.2 Å². The third-order valence-electron chi connectivity index (χ3n) is 3.76. The molecular weight excluding hydrogens is 260 g/mol. The third-order valence-corrected chi connectivity index (χ3v) is 3.76. The Hall–Kier alpha value is -1.68. The molecule has 1 unspecified atom stereocenters. The number of nitrogens with one attached hydrogen (secondary N) is 1. The summed E-state index contributed by atoms with van der Waals surface area (Å²) < 4.78 is 2.00. The number of hydrogen-bond donors (Lipinski definition) is 1. The van der Waals surface area contributed by atoms with Crippen LogP contribution in [-0.2, 0) is 12.8 Å². The van der Waals surface area contributed by atoms with Gasteiger partial charge in [0.1, 0.15) is 12.2 Å². The van der Waals surface area contributed by atoms with Crippen LogP contribution in [0.3, 0.4) is 0 Å². The van der Waals surface area contributed by atoms with E-state index >= 15 is 0 Å². The summed E-state index contributed by atoms with van der Waals surface area (Å²) in [4.78, 5) is 4.43. The second-order valence-electron chi connectivity index (χ2n) is 5.62. The average molecular weight is 286 g/mol. The van der Waals surface area contributed by atoms with E-state index in [0.29, 0.717) is 6.04 Å². The molecular formula is C17H26N4. The first-order valence-corrected chi connectivity index (χ1v) is 7.86. The fourth-order valence-electron chi connectivity index (χ4n) is 2.57. The van der Waals surface area contributed by atoms with Crippen LogP contribution in [0.5, 0.6) is 0 Å². The first kappa shape index (κ1) is 15.7. The number of aryl methyl sites for hydroxylation is 1. The van der Waals surface area contributed by atoms with Crippen LogP contribution in [0.2, 0.25) is 0 Å². The van der Waals surface area contributed by atoms with E-state index in [2.05, 4.69) is 67.4 Å². The Bertz CT molecular complexity index is 542. The summed E-state index contributed by atoms with van der Waals surface area (Å²) in [7, 11) is 0. The number of likely N-dealkylation sites (N-methyl/N-ethyl adjacent to an activating group) is 1. The Morgan fingerprint density at radius 1 is 1.14 bits per heavy atom. The van der Waals surface area contributed by atoms with E-state index in [1.807, 2.05) is 4.68 Å². The summed E-state index contributed by atoms with van der Waals surface area (Å²) in [5.74, 6) is 1.04. The molecule has 1 aromatic heterocycles. The first-order chi connectivity index (χ1) is 10.2. The maximum atomic E-state index is 4.43. The first-order valence-electron chi connectivity index (χ1n) is 7.86. The van der Waals surface area contributed by atoms with Gasteiger partial charge >= 0.3 is 0 Å². The fraction of sp³-hybridized carbons (Fsp3) is 0.529. The van der Waals surface area contributed by atoms with Gasteiger partial charge in [-0.2, -0.15) is 5.10 Å². The minimum absolute atomic E-state index is 0.280. The molecule has 1 heterocycles. The zero-order valence-corrected chi connectivity index (χ0v) is 13.5. The van der Waals surface area contributed by atoms with Crippen molar-refractivity contribution in [1.29, 1.82) is 0 Å². The van der Waals surface area contributed by atoms with Gasteiger partial charge in [0, 0.05) is 18.5 Å². The Balaban J connectivity index is 2.19. The monoisotopic (exact) mass is 286 g/mol. The van der Waals surface area contributed by atoms with Crippen molar-refractivity contribution in [2.45, 2.75) is 52.6 Å². The Morgan fingerprint density at radius 2 is 1.86 bits per heavy atom. The van der Waals surface area contributed by atoms with E-state index in [9.17, 15) is 0 Å². The van der Waals surface area contributed by atoms with Gasteiger partial charge in [-0.05, 0) is 37.9 Å². The van der Waals surface area contributed by atoms with E-state index in [4.69, 9.17) is 0 Å². The standard InChI is InChI=1S/C17H26N4/c1-5-14-7-9-15(10-8-14)16(18-6-2)11-17-19-12-20-21(17)13(3)4/h7-10,12-13,16,18H,5-6,11H2,1-4H3. The molecule has 4 nitrogen and oxygen atoms in total. The van der Waals surface area contributed by atoms with E-state index < -0.39 is 0 Å². The smallest absolute Gasteiger partial charge is 0.138 e. The second kappa shape index (κ2) is 7.36. The predicted molar refractivity (Wildman–Crippen MR) is 86.3 cm³/mol. The van der Waals surface area contributed by atoms with Crippen LogP contribution in [0.1, 0.15) is 56.7 Å².